The van der Waals surface area contributed by atoms with Crippen LogP contribution in [-0.2, 0) is 0 Å². The average molecular weight is 394 g/mol. The van der Waals surface area contributed by atoms with Crippen molar-refractivity contribution in [1.82, 2.24) is 14.8 Å². The second-order valence-electron chi connectivity index (χ2n) is 8.22. The number of benzene rings is 1. The molecule has 154 valence electrons. The summed E-state index contributed by atoms with van der Waals surface area (Å²) in [5.41, 5.74) is 5.68. The van der Waals surface area contributed by atoms with Crippen molar-refractivity contribution >= 4 is 17.3 Å². The molecule has 0 unspecified atom stereocenters. The molecule has 0 atom stereocenters. The molecule has 0 saturated carbocycles. The third-order valence-electron chi connectivity index (χ3n) is 6.32. The number of likely N-dealkylation sites (N-methyl/N-ethyl adjacent to an activating group) is 1. The summed E-state index contributed by atoms with van der Waals surface area (Å²) in [6, 6.07) is 8.46. The molecule has 0 spiro atoms. The van der Waals surface area contributed by atoms with Crippen molar-refractivity contribution in [3.05, 3.63) is 53.3 Å². The number of rotatable bonds is 3. The van der Waals surface area contributed by atoms with Gasteiger partial charge in [0.05, 0.1) is 17.4 Å². The quantitative estimate of drug-likeness (QED) is 0.801. The van der Waals surface area contributed by atoms with E-state index in [9.17, 15) is 4.79 Å². The summed E-state index contributed by atoms with van der Waals surface area (Å²) in [5, 5.41) is 0. The second kappa shape index (κ2) is 8.41. The van der Waals surface area contributed by atoms with Gasteiger partial charge in [-0.1, -0.05) is 12.1 Å². The Balaban J connectivity index is 1.41. The fourth-order valence-corrected chi connectivity index (χ4v) is 4.19. The lowest BCUT2D eigenvalue weighted by Gasteiger charge is -2.37. The molecule has 0 radical (unpaired) electrons. The maximum atomic E-state index is 13.1. The summed E-state index contributed by atoms with van der Waals surface area (Å²) >= 11 is 0. The third-order valence-corrected chi connectivity index (χ3v) is 6.32. The van der Waals surface area contributed by atoms with Crippen LogP contribution < -0.4 is 9.80 Å². The van der Waals surface area contributed by atoms with Gasteiger partial charge in [-0.2, -0.15) is 0 Å². The number of pyridine rings is 1. The molecule has 4 rings (SSSR count). The standard InChI is InChI=1S/C23H31N5O/c1-18-5-4-6-22(19(18)2)27-11-13-28(14-12-27)23(29)20-15-21(17-24-16-20)26-9-7-25(3)8-10-26/h4-6,15-17H,7-14H2,1-3H3. The first-order valence-electron chi connectivity index (χ1n) is 10.5. The number of anilines is 2. The van der Waals surface area contributed by atoms with Gasteiger partial charge in [0.1, 0.15) is 0 Å². The lowest BCUT2D eigenvalue weighted by molar-refractivity contribution is 0.0746. The molecule has 6 heteroatoms. The lowest BCUT2D eigenvalue weighted by Crippen LogP contribution is -2.49. The van der Waals surface area contributed by atoms with Crippen molar-refractivity contribution in [3.8, 4) is 0 Å². The highest BCUT2D eigenvalue weighted by Gasteiger charge is 2.24. The zero-order valence-electron chi connectivity index (χ0n) is 17.8. The van der Waals surface area contributed by atoms with Gasteiger partial charge in [0.25, 0.3) is 5.91 Å². The number of hydrogen-bond acceptors (Lipinski definition) is 5. The number of nitrogens with zero attached hydrogens (tertiary/aromatic N) is 5. The zero-order valence-corrected chi connectivity index (χ0v) is 17.8. The average Bonchev–Trinajstić information content (AvgIpc) is 2.76. The molecule has 0 bridgehead atoms. The van der Waals surface area contributed by atoms with Crippen LogP contribution in [0.1, 0.15) is 21.5 Å². The van der Waals surface area contributed by atoms with E-state index in [2.05, 4.69) is 58.8 Å². The van der Waals surface area contributed by atoms with Crippen LogP contribution >= 0.6 is 0 Å². The first-order valence-corrected chi connectivity index (χ1v) is 10.5. The van der Waals surface area contributed by atoms with Gasteiger partial charge in [0.15, 0.2) is 0 Å². The van der Waals surface area contributed by atoms with Crippen LogP contribution in [-0.4, -0.2) is 80.1 Å². The van der Waals surface area contributed by atoms with Crippen LogP contribution in [0.15, 0.2) is 36.7 Å². The molecular formula is C23H31N5O. The number of piperazine rings is 2. The smallest absolute Gasteiger partial charge is 0.255 e. The second-order valence-corrected chi connectivity index (χ2v) is 8.22. The molecule has 0 aliphatic carbocycles. The SMILES string of the molecule is Cc1cccc(N2CCN(C(=O)c3cncc(N4CCN(C)CC4)c3)CC2)c1C. The van der Waals surface area contributed by atoms with Gasteiger partial charge in [-0.25, -0.2) is 0 Å². The Morgan fingerprint density at radius 2 is 1.59 bits per heavy atom. The van der Waals surface area contributed by atoms with Gasteiger partial charge in [0.2, 0.25) is 0 Å². The number of amides is 1. The molecule has 6 nitrogen and oxygen atoms in total. The van der Waals surface area contributed by atoms with Crippen molar-refractivity contribution in [2.24, 2.45) is 0 Å². The molecule has 2 aromatic rings. The van der Waals surface area contributed by atoms with E-state index in [1.54, 1.807) is 6.20 Å². The highest BCUT2D eigenvalue weighted by Crippen LogP contribution is 2.24. The fraction of sp³-hybridized carbons (Fsp3) is 0.478. The minimum atomic E-state index is 0.0918. The van der Waals surface area contributed by atoms with E-state index >= 15 is 0 Å². The molecule has 1 aromatic carbocycles. The highest BCUT2D eigenvalue weighted by molar-refractivity contribution is 5.95. The number of aryl methyl sites for hydroxylation is 1. The lowest BCUT2D eigenvalue weighted by atomic mass is 10.1. The first kappa shape index (κ1) is 19.7. The minimum Gasteiger partial charge on any atom is -0.368 e. The number of carbonyl (C=O) groups is 1. The van der Waals surface area contributed by atoms with Gasteiger partial charge < -0.3 is 19.6 Å². The third kappa shape index (κ3) is 4.22. The summed E-state index contributed by atoms with van der Waals surface area (Å²) in [6.45, 7) is 11.6. The van der Waals surface area contributed by atoms with Crippen LogP contribution in [0.2, 0.25) is 0 Å². The van der Waals surface area contributed by atoms with Crippen LogP contribution in [0.4, 0.5) is 11.4 Å². The molecule has 1 amide bonds. The summed E-state index contributed by atoms with van der Waals surface area (Å²) in [6.07, 6.45) is 3.58. The van der Waals surface area contributed by atoms with Crippen molar-refractivity contribution in [2.45, 2.75) is 13.8 Å². The molecule has 2 aliphatic heterocycles. The van der Waals surface area contributed by atoms with Gasteiger partial charge >= 0.3 is 0 Å². The molecular weight excluding hydrogens is 362 g/mol. The minimum absolute atomic E-state index is 0.0918. The molecule has 29 heavy (non-hydrogen) atoms. The van der Waals surface area contributed by atoms with E-state index in [0.717, 1.165) is 58.0 Å². The largest absolute Gasteiger partial charge is 0.368 e. The Bertz CT molecular complexity index is 867. The van der Waals surface area contributed by atoms with Crippen LogP contribution in [0.25, 0.3) is 0 Å². The maximum Gasteiger partial charge on any atom is 0.255 e. The summed E-state index contributed by atoms with van der Waals surface area (Å²) < 4.78 is 0. The van der Waals surface area contributed by atoms with Crippen molar-refractivity contribution in [3.63, 3.8) is 0 Å². The van der Waals surface area contributed by atoms with E-state index in [1.807, 2.05) is 17.2 Å². The molecule has 1 aromatic heterocycles. The Hall–Kier alpha value is -2.60. The van der Waals surface area contributed by atoms with Crippen molar-refractivity contribution in [1.29, 1.82) is 0 Å². The molecule has 2 fully saturated rings. The predicted octanol–water partition coefficient (Wildman–Crippen LogP) is 2.41. The summed E-state index contributed by atoms with van der Waals surface area (Å²) in [4.78, 5) is 26.5. The normalized spacial score (nSPS) is 18.2. The van der Waals surface area contributed by atoms with Gasteiger partial charge in [0, 0.05) is 64.2 Å². The van der Waals surface area contributed by atoms with Crippen molar-refractivity contribution < 1.29 is 4.79 Å². The molecule has 2 saturated heterocycles. The van der Waals surface area contributed by atoms with Crippen LogP contribution in [0, 0.1) is 13.8 Å². The maximum absolute atomic E-state index is 13.1. The number of carbonyl (C=O) groups excluding carboxylic acids is 1. The van der Waals surface area contributed by atoms with Crippen LogP contribution in [0.3, 0.4) is 0 Å². The fourth-order valence-electron chi connectivity index (χ4n) is 4.19. The first-order chi connectivity index (χ1) is 14.0. The molecule has 2 aliphatic rings. The Morgan fingerprint density at radius 1 is 0.897 bits per heavy atom. The zero-order chi connectivity index (χ0) is 20.4. The van der Waals surface area contributed by atoms with Crippen molar-refractivity contribution in [2.75, 3.05) is 69.2 Å². The Morgan fingerprint density at radius 3 is 2.31 bits per heavy atom. The van der Waals surface area contributed by atoms with E-state index in [1.165, 1.54) is 16.8 Å². The predicted molar refractivity (Wildman–Crippen MR) is 118 cm³/mol. The topological polar surface area (TPSA) is 42.9 Å². The van der Waals surface area contributed by atoms with E-state index in [0.29, 0.717) is 5.56 Å². The van der Waals surface area contributed by atoms with E-state index in [-0.39, 0.29) is 5.91 Å². The highest BCUT2D eigenvalue weighted by atomic mass is 16.2. The monoisotopic (exact) mass is 393 g/mol. The van der Waals surface area contributed by atoms with Gasteiger partial charge in [-0.3, -0.25) is 9.78 Å². The van der Waals surface area contributed by atoms with E-state index < -0.39 is 0 Å². The number of aromatic nitrogens is 1. The van der Waals surface area contributed by atoms with Crippen LogP contribution in [0.5, 0.6) is 0 Å². The summed E-state index contributed by atoms with van der Waals surface area (Å²) in [5.74, 6) is 0.0918. The van der Waals surface area contributed by atoms with Gasteiger partial charge in [-0.05, 0) is 44.2 Å². The summed E-state index contributed by atoms with van der Waals surface area (Å²) in [7, 11) is 2.15. The van der Waals surface area contributed by atoms with E-state index in [4.69, 9.17) is 0 Å². The molecule has 0 N–H and O–H groups in total. The number of hydrogen-bond donors (Lipinski definition) is 0. The Labute approximate surface area is 173 Å². The van der Waals surface area contributed by atoms with Gasteiger partial charge in [-0.15, -0.1) is 0 Å². The molecule has 3 heterocycles. The Kier molecular flexibility index (Phi) is 5.72.